The molecule has 0 radical (unpaired) electrons. The molecule has 116 valence electrons. The van der Waals surface area contributed by atoms with Crippen molar-refractivity contribution in [2.75, 3.05) is 12.3 Å². The summed E-state index contributed by atoms with van der Waals surface area (Å²) in [5.41, 5.74) is 2.16. The monoisotopic (exact) mass is 379 g/mol. The lowest BCUT2D eigenvalue weighted by atomic mass is 10.1. The van der Waals surface area contributed by atoms with E-state index in [0.29, 0.717) is 18.7 Å². The number of benzene rings is 2. The Morgan fingerprint density at radius 1 is 1.09 bits per heavy atom. The minimum atomic E-state index is -1.09. The van der Waals surface area contributed by atoms with Crippen molar-refractivity contribution in [1.82, 2.24) is 5.32 Å². The highest BCUT2D eigenvalue weighted by atomic mass is 79.9. The van der Waals surface area contributed by atoms with Gasteiger partial charge in [0.1, 0.15) is 0 Å². The van der Waals surface area contributed by atoms with Crippen LogP contribution in [0.3, 0.4) is 0 Å². The third-order valence-electron chi connectivity index (χ3n) is 3.17. The summed E-state index contributed by atoms with van der Waals surface area (Å²) in [7, 11) is -1.09. The maximum Gasteiger partial charge on any atom is 0.224 e. The topological polar surface area (TPSA) is 46.2 Å². The second-order valence-corrected chi connectivity index (χ2v) is 7.50. The molecule has 0 aliphatic carbocycles. The van der Waals surface area contributed by atoms with Gasteiger partial charge in [0.15, 0.2) is 0 Å². The Bertz CT molecular complexity index is 653. The molecule has 5 heteroatoms. The third-order valence-corrected chi connectivity index (χ3v) is 5.07. The highest BCUT2D eigenvalue weighted by molar-refractivity contribution is 9.10. The molecule has 0 aromatic heterocycles. The Balaban J connectivity index is 1.75. The van der Waals surface area contributed by atoms with Crippen molar-refractivity contribution in [3.05, 3.63) is 64.1 Å². The standard InChI is InChI=1S/C17H18BrNO2S/c1-13-2-4-14(5-3-13)12-17(20)19-10-11-22(21)16-8-6-15(18)7-9-16/h2-9H,10-12H2,1H3,(H,19,20)/t22-/m0/s1. The van der Waals surface area contributed by atoms with E-state index in [9.17, 15) is 9.00 Å². The molecule has 2 rings (SSSR count). The van der Waals surface area contributed by atoms with Gasteiger partial charge in [-0.05, 0) is 36.8 Å². The van der Waals surface area contributed by atoms with Crippen LogP contribution in [-0.2, 0) is 22.0 Å². The molecule has 0 fully saturated rings. The molecule has 0 spiro atoms. The van der Waals surface area contributed by atoms with Crippen LogP contribution in [0.4, 0.5) is 0 Å². The summed E-state index contributed by atoms with van der Waals surface area (Å²) in [6.45, 7) is 2.43. The number of aryl methyl sites for hydroxylation is 1. The predicted molar refractivity (Wildman–Crippen MR) is 93.3 cm³/mol. The fourth-order valence-corrected chi connectivity index (χ4v) is 3.17. The van der Waals surface area contributed by atoms with E-state index in [1.807, 2.05) is 55.5 Å². The summed E-state index contributed by atoms with van der Waals surface area (Å²) >= 11 is 3.35. The van der Waals surface area contributed by atoms with Gasteiger partial charge < -0.3 is 5.32 Å². The van der Waals surface area contributed by atoms with Crippen LogP contribution in [0, 0.1) is 6.92 Å². The highest BCUT2D eigenvalue weighted by Gasteiger charge is 2.06. The number of hydrogen-bond acceptors (Lipinski definition) is 2. The molecule has 0 unspecified atom stereocenters. The molecule has 1 atom stereocenters. The molecule has 0 aliphatic rings. The van der Waals surface area contributed by atoms with E-state index >= 15 is 0 Å². The summed E-state index contributed by atoms with van der Waals surface area (Å²) in [4.78, 5) is 12.6. The number of hydrogen-bond donors (Lipinski definition) is 1. The van der Waals surface area contributed by atoms with Crippen LogP contribution in [-0.4, -0.2) is 22.4 Å². The van der Waals surface area contributed by atoms with E-state index in [1.54, 1.807) is 0 Å². The largest absolute Gasteiger partial charge is 0.355 e. The maximum atomic E-state index is 12.1. The lowest BCUT2D eigenvalue weighted by molar-refractivity contribution is -0.120. The van der Waals surface area contributed by atoms with Gasteiger partial charge in [-0.1, -0.05) is 45.8 Å². The number of halogens is 1. The number of carbonyl (C=O) groups excluding carboxylic acids is 1. The molecule has 0 bridgehead atoms. The van der Waals surface area contributed by atoms with Gasteiger partial charge in [0, 0.05) is 21.7 Å². The molecule has 22 heavy (non-hydrogen) atoms. The summed E-state index contributed by atoms with van der Waals surface area (Å²) in [6.07, 6.45) is 0.352. The van der Waals surface area contributed by atoms with E-state index in [2.05, 4.69) is 21.2 Å². The van der Waals surface area contributed by atoms with Crippen molar-refractivity contribution in [3.8, 4) is 0 Å². The lowest BCUT2D eigenvalue weighted by Crippen LogP contribution is -2.29. The van der Waals surface area contributed by atoms with Gasteiger partial charge in [0.2, 0.25) is 5.91 Å². The number of rotatable bonds is 6. The van der Waals surface area contributed by atoms with Gasteiger partial charge in [-0.15, -0.1) is 0 Å². The van der Waals surface area contributed by atoms with Crippen molar-refractivity contribution in [2.45, 2.75) is 18.2 Å². The van der Waals surface area contributed by atoms with Crippen molar-refractivity contribution in [1.29, 1.82) is 0 Å². The molecule has 0 saturated heterocycles. The van der Waals surface area contributed by atoms with Crippen LogP contribution < -0.4 is 5.32 Å². The van der Waals surface area contributed by atoms with E-state index in [-0.39, 0.29) is 5.91 Å². The lowest BCUT2D eigenvalue weighted by Gasteiger charge is -2.06. The zero-order valence-corrected chi connectivity index (χ0v) is 14.7. The Hall–Kier alpha value is -1.46. The first-order valence-electron chi connectivity index (χ1n) is 7.01. The van der Waals surface area contributed by atoms with Crippen molar-refractivity contribution in [2.24, 2.45) is 0 Å². The molecule has 2 aromatic carbocycles. The summed E-state index contributed by atoms with van der Waals surface area (Å²) in [5, 5.41) is 2.82. The Kier molecular flexibility index (Phi) is 6.34. The Labute approximate surface area is 141 Å². The highest BCUT2D eigenvalue weighted by Crippen LogP contribution is 2.13. The predicted octanol–water partition coefficient (Wildman–Crippen LogP) is 3.22. The normalized spacial score (nSPS) is 11.9. The van der Waals surface area contributed by atoms with Gasteiger partial charge in [-0.3, -0.25) is 9.00 Å². The van der Waals surface area contributed by atoms with E-state index < -0.39 is 10.8 Å². The van der Waals surface area contributed by atoms with E-state index in [0.717, 1.165) is 14.9 Å². The Morgan fingerprint density at radius 2 is 1.73 bits per heavy atom. The molecular weight excluding hydrogens is 362 g/mol. The fraction of sp³-hybridized carbons (Fsp3) is 0.235. The smallest absolute Gasteiger partial charge is 0.224 e. The molecular formula is C17H18BrNO2S. The van der Waals surface area contributed by atoms with Crippen LogP contribution in [0.1, 0.15) is 11.1 Å². The van der Waals surface area contributed by atoms with Crippen molar-refractivity contribution in [3.63, 3.8) is 0 Å². The molecule has 3 nitrogen and oxygen atoms in total. The third kappa shape index (κ3) is 5.39. The molecule has 1 amide bonds. The van der Waals surface area contributed by atoms with Gasteiger partial charge >= 0.3 is 0 Å². The van der Waals surface area contributed by atoms with Gasteiger partial charge in [0.05, 0.1) is 17.2 Å². The summed E-state index contributed by atoms with van der Waals surface area (Å²) in [5.74, 6) is 0.373. The zero-order valence-electron chi connectivity index (χ0n) is 12.3. The van der Waals surface area contributed by atoms with Crippen LogP contribution in [0.2, 0.25) is 0 Å². The molecule has 1 N–H and O–H groups in total. The second kappa shape index (κ2) is 8.25. The SMILES string of the molecule is Cc1ccc(CC(=O)NCC[S@](=O)c2ccc(Br)cc2)cc1. The second-order valence-electron chi connectivity index (χ2n) is 5.02. The number of carbonyl (C=O) groups is 1. The Morgan fingerprint density at radius 3 is 2.36 bits per heavy atom. The van der Waals surface area contributed by atoms with E-state index in [4.69, 9.17) is 0 Å². The van der Waals surface area contributed by atoms with Gasteiger partial charge in [-0.25, -0.2) is 0 Å². The van der Waals surface area contributed by atoms with Crippen LogP contribution in [0.25, 0.3) is 0 Å². The van der Waals surface area contributed by atoms with Gasteiger partial charge in [0.25, 0.3) is 0 Å². The average molecular weight is 380 g/mol. The van der Waals surface area contributed by atoms with Crippen molar-refractivity contribution < 1.29 is 9.00 Å². The van der Waals surface area contributed by atoms with Crippen LogP contribution in [0.15, 0.2) is 57.9 Å². The van der Waals surface area contributed by atoms with Gasteiger partial charge in [-0.2, -0.15) is 0 Å². The molecule has 0 saturated carbocycles. The summed E-state index contributed by atoms with van der Waals surface area (Å²) < 4.78 is 13.0. The first kappa shape index (κ1) is 16.9. The van der Waals surface area contributed by atoms with Crippen LogP contribution >= 0.6 is 15.9 Å². The number of amides is 1. The zero-order chi connectivity index (χ0) is 15.9. The van der Waals surface area contributed by atoms with Crippen molar-refractivity contribution >= 4 is 32.6 Å². The molecule has 0 heterocycles. The first-order valence-corrected chi connectivity index (χ1v) is 9.12. The van der Waals surface area contributed by atoms with E-state index in [1.165, 1.54) is 5.56 Å². The summed E-state index contributed by atoms with van der Waals surface area (Å²) in [6, 6.07) is 15.3. The first-order chi connectivity index (χ1) is 10.5. The quantitative estimate of drug-likeness (QED) is 0.837. The number of nitrogens with one attached hydrogen (secondary N) is 1. The molecule has 2 aromatic rings. The average Bonchev–Trinajstić information content (AvgIpc) is 2.50. The minimum Gasteiger partial charge on any atom is -0.355 e. The fourth-order valence-electron chi connectivity index (χ4n) is 1.94. The minimum absolute atomic E-state index is 0.0448. The molecule has 0 aliphatic heterocycles. The van der Waals surface area contributed by atoms with Crippen LogP contribution in [0.5, 0.6) is 0 Å². The maximum absolute atomic E-state index is 12.1.